The molecule has 3 heterocycles. The third kappa shape index (κ3) is 3.47. The van der Waals surface area contributed by atoms with Crippen LogP contribution in [0.25, 0.3) is 0 Å². The van der Waals surface area contributed by atoms with E-state index in [1.165, 1.54) is 12.4 Å². The highest BCUT2D eigenvalue weighted by Gasteiger charge is 2.44. The van der Waals surface area contributed by atoms with Crippen molar-refractivity contribution >= 4 is 16.0 Å². The van der Waals surface area contributed by atoms with E-state index in [0.29, 0.717) is 25.5 Å². The lowest BCUT2D eigenvalue weighted by molar-refractivity contribution is 0.246. The SMILES string of the molecule is CCCS(=O)(=O)N1CC[C@]2(CCCN(c3ncc(F)cn3)C2)C1. The highest BCUT2D eigenvalue weighted by Crippen LogP contribution is 2.40. The van der Waals surface area contributed by atoms with E-state index in [1.54, 1.807) is 4.31 Å². The van der Waals surface area contributed by atoms with Crippen molar-refractivity contribution in [1.29, 1.82) is 0 Å². The van der Waals surface area contributed by atoms with Crippen LogP contribution >= 0.6 is 0 Å². The Kier molecular flexibility index (Phi) is 4.55. The summed E-state index contributed by atoms with van der Waals surface area (Å²) >= 11 is 0. The number of aromatic nitrogens is 2. The van der Waals surface area contributed by atoms with Gasteiger partial charge in [-0.15, -0.1) is 0 Å². The van der Waals surface area contributed by atoms with Crippen LogP contribution in [0.1, 0.15) is 32.6 Å². The van der Waals surface area contributed by atoms with Crippen molar-refractivity contribution in [1.82, 2.24) is 14.3 Å². The van der Waals surface area contributed by atoms with Crippen molar-refractivity contribution in [3.8, 4) is 0 Å². The van der Waals surface area contributed by atoms with Gasteiger partial charge >= 0.3 is 0 Å². The molecule has 1 spiro atoms. The molecule has 2 aliphatic heterocycles. The lowest BCUT2D eigenvalue weighted by atomic mass is 9.79. The molecule has 2 fully saturated rings. The Morgan fingerprint density at radius 2 is 1.96 bits per heavy atom. The van der Waals surface area contributed by atoms with Crippen LogP contribution in [0.2, 0.25) is 0 Å². The van der Waals surface area contributed by atoms with Crippen LogP contribution in [0.3, 0.4) is 0 Å². The number of nitrogens with zero attached hydrogens (tertiary/aromatic N) is 4. The number of piperidine rings is 1. The molecule has 6 nitrogen and oxygen atoms in total. The fourth-order valence-corrected chi connectivity index (χ4v) is 5.31. The molecule has 0 N–H and O–H groups in total. The van der Waals surface area contributed by atoms with Gasteiger partial charge in [0, 0.05) is 31.6 Å². The van der Waals surface area contributed by atoms with Crippen molar-refractivity contribution in [3.05, 3.63) is 18.2 Å². The van der Waals surface area contributed by atoms with Crippen molar-refractivity contribution < 1.29 is 12.8 Å². The average Bonchev–Trinajstić information content (AvgIpc) is 2.92. The summed E-state index contributed by atoms with van der Waals surface area (Å²) < 4.78 is 39.2. The predicted molar refractivity (Wildman–Crippen MR) is 86.1 cm³/mol. The third-order valence-electron chi connectivity index (χ3n) is 4.81. The molecule has 0 bridgehead atoms. The van der Waals surface area contributed by atoms with E-state index < -0.39 is 15.8 Å². The van der Waals surface area contributed by atoms with Gasteiger partial charge in [0.15, 0.2) is 5.82 Å². The minimum atomic E-state index is -3.14. The summed E-state index contributed by atoms with van der Waals surface area (Å²) in [5.74, 6) is 0.298. The Hall–Kier alpha value is -1.28. The molecule has 1 aromatic rings. The fourth-order valence-electron chi connectivity index (χ4n) is 3.70. The highest BCUT2D eigenvalue weighted by molar-refractivity contribution is 7.89. The largest absolute Gasteiger partial charge is 0.340 e. The summed E-state index contributed by atoms with van der Waals surface area (Å²) in [7, 11) is -3.14. The van der Waals surface area contributed by atoms with Gasteiger partial charge in [0.05, 0.1) is 18.1 Å². The molecule has 0 saturated carbocycles. The first-order valence-electron chi connectivity index (χ1n) is 8.14. The molecule has 0 amide bonds. The Balaban J connectivity index is 1.72. The van der Waals surface area contributed by atoms with E-state index in [0.717, 1.165) is 32.4 Å². The summed E-state index contributed by atoms with van der Waals surface area (Å²) in [6.45, 7) is 4.62. The van der Waals surface area contributed by atoms with Crippen LogP contribution in [-0.4, -0.2) is 54.6 Å². The molecule has 2 saturated heterocycles. The average molecular weight is 342 g/mol. The van der Waals surface area contributed by atoms with E-state index in [-0.39, 0.29) is 11.2 Å². The molecule has 0 aliphatic carbocycles. The molecule has 1 atom stereocenters. The van der Waals surface area contributed by atoms with Gasteiger partial charge in [-0.1, -0.05) is 6.92 Å². The molecule has 0 unspecified atom stereocenters. The van der Waals surface area contributed by atoms with Crippen LogP contribution in [-0.2, 0) is 10.0 Å². The molecule has 8 heteroatoms. The second kappa shape index (κ2) is 6.32. The molecule has 128 valence electrons. The van der Waals surface area contributed by atoms with E-state index in [4.69, 9.17) is 0 Å². The number of rotatable bonds is 4. The Morgan fingerprint density at radius 3 is 2.65 bits per heavy atom. The van der Waals surface area contributed by atoms with Gasteiger partial charge in [-0.3, -0.25) is 0 Å². The van der Waals surface area contributed by atoms with E-state index in [2.05, 4.69) is 14.9 Å². The first kappa shape index (κ1) is 16.6. The first-order chi connectivity index (χ1) is 10.9. The Bertz CT molecular complexity index is 652. The van der Waals surface area contributed by atoms with Gasteiger partial charge in [-0.2, -0.15) is 0 Å². The van der Waals surface area contributed by atoms with Crippen molar-refractivity contribution in [2.75, 3.05) is 36.8 Å². The second-order valence-electron chi connectivity index (χ2n) is 6.63. The van der Waals surface area contributed by atoms with Gasteiger partial charge in [-0.05, 0) is 25.7 Å². The monoisotopic (exact) mass is 342 g/mol. The van der Waals surface area contributed by atoms with Crippen LogP contribution in [0.4, 0.5) is 10.3 Å². The number of hydrogen-bond acceptors (Lipinski definition) is 5. The molecule has 3 rings (SSSR count). The minimum Gasteiger partial charge on any atom is -0.340 e. The molecule has 0 aromatic carbocycles. The van der Waals surface area contributed by atoms with Crippen molar-refractivity contribution in [2.45, 2.75) is 32.6 Å². The first-order valence-corrected chi connectivity index (χ1v) is 9.75. The summed E-state index contributed by atoms with van der Waals surface area (Å²) in [4.78, 5) is 10.2. The zero-order chi connectivity index (χ0) is 16.5. The number of anilines is 1. The zero-order valence-electron chi connectivity index (χ0n) is 13.4. The smallest absolute Gasteiger partial charge is 0.225 e. The number of hydrogen-bond donors (Lipinski definition) is 0. The highest BCUT2D eigenvalue weighted by atomic mass is 32.2. The maximum absolute atomic E-state index is 13.0. The summed E-state index contributed by atoms with van der Waals surface area (Å²) in [6, 6.07) is 0. The summed E-state index contributed by atoms with van der Waals surface area (Å²) in [5.41, 5.74) is -0.0309. The maximum Gasteiger partial charge on any atom is 0.225 e. The molecule has 1 aromatic heterocycles. The molecular weight excluding hydrogens is 319 g/mol. The number of sulfonamides is 1. The Labute approximate surface area is 136 Å². The van der Waals surface area contributed by atoms with Crippen LogP contribution in [0.15, 0.2) is 12.4 Å². The molecule has 2 aliphatic rings. The maximum atomic E-state index is 13.0. The standard InChI is InChI=1S/C15H23FN4O2S/c1-2-8-23(21,22)20-7-5-15(12-20)4-3-6-19(11-15)14-17-9-13(16)10-18-14/h9-10H,2-8,11-12H2,1H3/t15-/m0/s1. The minimum absolute atomic E-state index is 0.0309. The Morgan fingerprint density at radius 1 is 1.22 bits per heavy atom. The van der Waals surface area contributed by atoms with Gasteiger partial charge in [0.25, 0.3) is 0 Å². The van der Waals surface area contributed by atoms with Gasteiger partial charge < -0.3 is 4.90 Å². The third-order valence-corrected chi connectivity index (χ3v) is 6.83. The zero-order valence-corrected chi connectivity index (χ0v) is 14.2. The fraction of sp³-hybridized carbons (Fsp3) is 0.733. The predicted octanol–water partition coefficient (Wildman–Crippen LogP) is 1.65. The lowest BCUT2D eigenvalue weighted by Crippen LogP contribution is -2.46. The summed E-state index contributed by atoms with van der Waals surface area (Å²) in [5, 5.41) is 0. The number of halogens is 1. The van der Waals surface area contributed by atoms with E-state index >= 15 is 0 Å². The molecule has 0 radical (unpaired) electrons. The lowest BCUT2D eigenvalue weighted by Gasteiger charge is -2.40. The summed E-state index contributed by atoms with van der Waals surface area (Å²) in [6.07, 6.45) is 5.85. The van der Waals surface area contributed by atoms with E-state index in [9.17, 15) is 12.8 Å². The molecule has 23 heavy (non-hydrogen) atoms. The van der Waals surface area contributed by atoms with Crippen molar-refractivity contribution in [2.24, 2.45) is 5.41 Å². The molecular formula is C15H23FN4O2S. The quantitative estimate of drug-likeness (QED) is 0.832. The topological polar surface area (TPSA) is 66.4 Å². The van der Waals surface area contributed by atoms with Crippen LogP contribution in [0, 0.1) is 11.2 Å². The second-order valence-corrected chi connectivity index (χ2v) is 8.71. The van der Waals surface area contributed by atoms with E-state index in [1.807, 2.05) is 6.92 Å². The van der Waals surface area contributed by atoms with Gasteiger partial charge in [0.1, 0.15) is 0 Å². The normalized spacial score (nSPS) is 26.1. The van der Waals surface area contributed by atoms with Crippen molar-refractivity contribution in [3.63, 3.8) is 0 Å². The van der Waals surface area contributed by atoms with Gasteiger partial charge in [-0.25, -0.2) is 27.1 Å². The van der Waals surface area contributed by atoms with Crippen LogP contribution in [0.5, 0.6) is 0 Å². The van der Waals surface area contributed by atoms with Gasteiger partial charge in [0.2, 0.25) is 16.0 Å². The van der Waals surface area contributed by atoms with Crippen LogP contribution < -0.4 is 4.90 Å².